The van der Waals surface area contributed by atoms with Gasteiger partial charge in [-0.15, -0.1) is 0 Å². The largest absolute Gasteiger partial charge is 0.379 e. The standard InChI is InChI=1S/C21H23Cl2N3O3/c22-17-4-5-18(19(23)11-17)21(28)25-13-20(27)24-12-15-2-1-3-16(10-15)14-26-6-8-29-9-7-26/h1-5,10-11H,6-9,12-14H2,(H,24,27)(H,25,28). The molecule has 2 N–H and O–H groups in total. The molecule has 0 aromatic heterocycles. The van der Waals surface area contributed by atoms with Gasteiger partial charge in [-0.1, -0.05) is 47.5 Å². The van der Waals surface area contributed by atoms with Gasteiger partial charge in [0.25, 0.3) is 5.91 Å². The van der Waals surface area contributed by atoms with Crippen LogP contribution in [0.25, 0.3) is 0 Å². The average Bonchev–Trinajstić information content (AvgIpc) is 2.71. The van der Waals surface area contributed by atoms with Crippen LogP contribution in [-0.2, 0) is 22.6 Å². The third-order valence-corrected chi connectivity index (χ3v) is 5.12. The van der Waals surface area contributed by atoms with Gasteiger partial charge in [0, 0.05) is 31.2 Å². The smallest absolute Gasteiger partial charge is 0.253 e. The molecule has 0 bridgehead atoms. The molecule has 0 radical (unpaired) electrons. The van der Waals surface area contributed by atoms with E-state index in [9.17, 15) is 9.59 Å². The summed E-state index contributed by atoms with van der Waals surface area (Å²) in [4.78, 5) is 26.6. The van der Waals surface area contributed by atoms with Crippen LogP contribution < -0.4 is 10.6 Å². The molecule has 2 aromatic carbocycles. The fourth-order valence-electron chi connectivity index (χ4n) is 3.05. The van der Waals surface area contributed by atoms with Crippen LogP contribution in [0.4, 0.5) is 0 Å². The second kappa shape index (κ2) is 10.6. The maximum Gasteiger partial charge on any atom is 0.253 e. The first-order valence-electron chi connectivity index (χ1n) is 9.39. The van der Waals surface area contributed by atoms with E-state index < -0.39 is 5.91 Å². The van der Waals surface area contributed by atoms with E-state index in [1.54, 1.807) is 6.07 Å². The highest BCUT2D eigenvalue weighted by Gasteiger charge is 2.13. The lowest BCUT2D eigenvalue weighted by Gasteiger charge is -2.26. The summed E-state index contributed by atoms with van der Waals surface area (Å²) in [5.41, 5.74) is 2.49. The Morgan fingerprint density at radius 1 is 1.00 bits per heavy atom. The Morgan fingerprint density at radius 2 is 1.76 bits per heavy atom. The van der Waals surface area contributed by atoms with E-state index >= 15 is 0 Å². The third-order valence-electron chi connectivity index (χ3n) is 4.58. The minimum Gasteiger partial charge on any atom is -0.379 e. The van der Waals surface area contributed by atoms with Crippen LogP contribution in [0.1, 0.15) is 21.5 Å². The Labute approximate surface area is 180 Å². The number of morpholine rings is 1. The number of benzene rings is 2. The van der Waals surface area contributed by atoms with E-state index in [1.165, 1.54) is 17.7 Å². The predicted octanol–water partition coefficient (Wildman–Crippen LogP) is 2.87. The zero-order chi connectivity index (χ0) is 20.6. The number of amides is 2. The second-order valence-electron chi connectivity index (χ2n) is 6.79. The maximum atomic E-state index is 12.2. The molecule has 0 saturated carbocycles. The average molecular weight is 436 g/mol. The second-order valence-corrected chi connectivity index (χ2v) is 7.64. The minimum absolute atomic E-state index is 0.134. The molecule has 0 spiro atoms. The van der Waals surface area contributed by atoms with Crippen molar-refractivity contribution < 1.29 is 14.3 Å². The van der Waals surface area contributed by atoms with Gasteiger partial charge in [-0.3, -0.25) is 14.5 Å². The number of hydrogen-bond acceptors (Lipinski definition) is 4. The van der Waals surface area contributed by atoms with Crippen molar-refractivity contribution in [3.05, 3.63) is 69.2 Å². The number of hydrogen-bond donors (Lipinski definition) is 2. The summed E-state index contributed by atoms with van der Waals surface area (Å²) < 4.78 is 5.37. The predicted molar refractivity (Wildman–Crippen MR) is 113 cm³/mol. The van der Waals surface area contributed by atoms with Gasteiger partial charge in [0.1, 0.15) is 0 Å². The van der Waals surface area contributed by atoms with Crippen LogP contribution in [0.15, 0.2) is 42.5 Å². The fourth-order valence-corrected chi connectivity index (χ4v) is 3.54. The highest BCUT2D eigenvalue weighted by atomic mass is 35.5. The lowest BCUT2D eigenvalue weighted by Crippen LogP contribution is -2.36. The summed E-state index contributed by atoms with van der Waals surface area (Å²) in [6.45, 7) is 4.52. The van der Waals surface area contributed by atoms with Crippen molar-refractivity contribution in [3.8, 4) is 0 Å². The highest BCUT2D eigenvalue weighted by molar-refractivity contribution is 6.36. The molecule has 0 atom stereocenters. The molecular weight excluding hydrogens is 413 g/mol. The Kier molecular flexibility index (Phi) is 7.89. The lowest BCUT2D eigenvalue weighted by molar-refractivity contribution is -0.120. The van der Waals surface area contributed by atoms with Crippen LogP contribution in [0.3, 0.4) is 0 Å². The van der Waals surface area contributed by atoms with E-state index in [4.69, 9.17) is 27.9 Å². The third kappa shape index (κ3) is 6.72. The van der Waals surface area contributed by atoms with Crippen molar-refractivity contribution >= 4 is 35.0 Å². The number of nitrogens with one attached hydrogen (secondary N) is 2. The van der Waals surface area contributed by atoms with Gasteiger partial charge in [0.2, 0.25) is 5.91 Å². The van der Waals surface area contributed by atoms with Crippen LogP contribution in [0.5, 0.6) is 0 Å². The maximum absolute atomic E-state index is 12.2. The summed E-state index contributed by atoms with van der Waals surface area (Å²) in [7, 11) is 0. The van der Waals surface area contributed by atoms with E-state index in [2.05, 4.69) is 27.7 Å². The molecule has 1 aliphatic rings. The van der Waals surface area contributed by atoms with Gasteiger partial charge < -0.3 is 15.4 Å². The van der Waals surface area contributed by atoms with Gasteiger partial charge in [-0.25, -0.2) is 0 Å². The molecule has 3 rings (SSSR count). The van der Waals surface area contributed by atoms with E-state index in [0.29, 0.717) is 11.6 Å². The molecule has 1 saturated heterocycles. The monoisotopic (exact) mass is 435 g/mol. The molecule has 0 aliphatic carbocycles. The van der Waals surface area contributed by atoms with Crippen molar-refractivity contribution in [1.82, 2.24) is 15.5 Å². The van der Waals surface area contributed by atoms with Crippen molar-refractivity contribution in [2.45, 2.75) is 13.1 Å². The Morgan fingerprint density at radius 3 is 2.52 bits per heavy atom. The van der Waals surface area contributed by atoms with Gasteiger partial charge in [-0.2, -0.15) is 0 Å². The molecule has 1 aliphatic heterocycles. The first-order chi connectivity index (χ1) is 14.0. The minimum atomic E-state index is -0.422. The molecule has 154 valence electrons. The lowest BCUT2D eigenvalue weighted by atomic mass is 10.1. The van der Waals surface area contributed by atoms with Gasteiger partial charge in [0.15, 0.2) is 0 Å². The molecule has 2 aromatic rings. The van der Waals surface area contributed by atoms with Crippen LogP contribution >= 0.6 is 23.2 Å². The van der Waals surface area contributed by atoms with Crippen molar-refractivity contribution in [2.24, 2.45) is 0 Å². The summed E-state index contributed by atoms with van der Waals surface area (Å²) >= 11 is 11.8. The summed E-state index contributed by atoms with van der Waals surface area (Å²) in [6, 6.07) is 12.7. The summed E-state index contributed by atoms with van der Waals surface area (Å²) in [5, 5.41) is 6.07. The van der Waals surface area contributed by atoms with Crippen LogP contribution in [-0.4, -0.2) is 49.6 Å². The zero-order valence-electron chi connectivity index (χ0n) is 15.9. The molecule has 0 unspecified atom stereocenters. The number of ether oxygens (including phenoxy) is 1. The number of rotatable bonds is 7. The molecule has 29 heavy (non-hydrogen) atoms. The van der Waals surface area contributed by atoms with Gasteiger partial charge in [-0.05, 0) is 29.3 Å². The quantitative estimate of drug-likeness (QED) is 0.701. The van der Waals surface area contributed by atoms with Crippen LogP contribution in [0, 0.1) is 0 Å². The van der Waals surface area contributed by atoms with Crippen molar-refractivity contribution in [1.29, 1.82) is 0 Å². The topological polar surface area (TPSA) is 70.7 Å². The molecule has 8 heteroatoms. The molecule has 1 fully saturated rings. The number of nitrogens with zero attached hydrogens (tertiary/aromatic N) is 1. The number of carbonyl (C=O) groups excluding carboxylic acids is 2. The zero-order valence-corrected chi connectivity index (χ0v) is 17.4. The molecule has 6 nitrogen and oxygen atoms in total. The normalized spacial score (nSPS) is 14.4. The van der Waals surface area contributed by atoms with Gasteiger partial charge in [0.05, 0.1) is 30.3 Å². The molecular formula is C21H23Cl2N3O3. The van der Waals surface area contributed by atoms with Crippen molar-refractivity contribution in [2.75, 3.05) is 32.8 Å². The Bertz CT molecular complexity index is 870. The number of carbonyl (C=O) groups is 2. The first-order valence-corrected chi connectivity index (χ1v) is 10.1. The van der Waals surface area contributed by atoms with E-state index in [1.807, 2.05) is 12.1 Å². The Hall–Kier alpha value is -2.12. The Balaban J connectivity index is 1.45. The van der Waals surface area contributed by atoms with E-state index in [-0.39, 0.29) is 23.0 Å². The molecule has 1 heterocycles. The van der Waals surface area contributed by atoms with Gasteiger partial charge >= 0.3 is 0 Å². The number of halogens is 2. The van der Waals surface area contributed by atoms with Crippen molar-refractivity contribution in [3.63, 3.8) is 0 Å². The summed E-state index contributed by atoms with van der Waals surface area (Å²) in [5.74, 6) is -0.698. The first kappa shape index (κ1) is 21.6. The summed E-state index contributed by atoms with van der Waals surface area (Å²) in [6.07, 6.45) is 0. The highest BCUT2D eigenvalue weighted by Crippen LogP contribution is 2.20. The fraction of sp³-hybridized carbons (Fsp3) is 0.333. The van der Waals surface area contributed by atoms with E-state index in [0.717, 1.165) is 38.4 Å². The van der Waals surface area contributed by atoms with Crippen LogP contribution in [0.2, 0.25) is 10.0 Å². The SMILES string of the molecule is O=C(CNC(=O)c1ccc(Cl)cc1Cl)NCc1cccc(CN2CCOCC2)c1. The molecule has 2 amide bonds.